The van der Waals surface area contributed by atoms with Crippen LogP contribution < -0.4 is 10.6 Å². The highest BCUT2D eigenvalue weighted by atomic mass is 16.6. The van der Waals surface area contributed by atoms with E-state index in [1.807, 2.05) is 30.3 Å². The number of benzene rings is 1. The Morgan fingerprint density at radius 3 is 2.72 bits per heavy atom. The van der Waals surface area contributed by atoms with E-state index < -0.39 is 30.4 Å². The third-order valence-corrected chi connectivity index (χ3v) is 4.78. The number of carbonyl (C=O) groups is 1. The maximum absolute atomic E-state index is 12.1. The molecule has 1 fully saturated rings. The first-order valence-corrected chi connectivity index (χ1v) is 9.34. The smallest absolute Gasteiger partial charge is 0.252 e. The maximum atomic E-state index is 12.1. The number of ether oxygens (including phenoxy) is 1. The number of anilines is 1. The summed E-state index contributed by atoms with van der Waals surface area (Å²) in [5.74, 6) is 0.0525. The summed E-state index contributed by atoms with van der Waals surface area (Å²) in [6, 6.07) is 9.85. The predicted octanol–water partition coefficient (Wildman–Crippen LogP) is 0.194. The molecular formula is C19H22N6O4. The second-order valence-electron chi connectivity index (χ2n) is 6.71. The highest BCUT2D eigenvalue weighted by molar-refractivity contribution is 5.83. The molecule has 0 bridgehead atoms. The summed E-state index contributed by atoms with van der Waals surface area (Å²) in [6.07, 6.45) is -2.01. The van der Waals surface area contributed by atoms with Gasteiger partial charge in [-0.25, -0.2) is 15.0 Å². The molecule has 2 aromatic heterocycles. The van der Waals surface area contributed by atoms with Crippen LogP contribution >= 0.6 is 0 Å². The fourth-order valence-electron chi connectivity index (χ4n) is 3.33. The highest BCUT2D eigenvalue weighted by Crippen LogP contribution is 2.32. The van der Waals surface area contributed by atoms with E-state index in [1.54, 1.807) is 6.92 Å². The van der Waals surface area contributed by atoms with Crippen molar-refractivity contribution in [1.82, 2.24) is 24.8 Å². The van der Waals surface area contributed by atoms with E-state index in [-0.39, 0.29) is 0 Å². The van der Waals surface area contributed by atoms with Crippen LogP contribution in [-0.2, 0) is 16.1 Å². The molecule has 0 saturated carbocycles. The van der Waals surface area contributed by atoms with Gasteiger partial charge in [0.15, 0.2) is 29.3 Å². The molecular weight excluding hydrogens is 376 g/mol. The third kappa shape index (κ3) is 3.65. The van der Waals surface area contributed by atoms with Crippen LogP contribution in [0.15, 0.2) is 43.0 Å². The van der Waals surface area contributed by atoms with Crippen molar-refractivity contribution in [1.29, 1.82) is 0 Å². The standard InChI is InChI=1S/C19H22N6O4/c1-2-20-18(28)15-13(26)14(27)19(29-15)25-10-24-12-16(22-9-23-17(12)25)21-8-11-6-4-3-5-7-11/h3-7,9-10,13-15,19,26-27H,2,8H2,1H3,(H,20,28)(H,21,22,23)/t13-,14-,15-,19+/m0/s1. The number of aliphatic hydroxyl groups excluding tert-OH is 2. The molecule has 1 aromatic carbocycles. The Labute approximate surface area is 166 Å². The van der Waals surface area contributed by atoms with Crippen molar-refractivity contribution in [3.8, 4) is 0 Å². The van der Waals surface area contributed by atoms with Crippen LogP contribution in [0.2, 0.25) is 0 Å². The summed E-state index contributed by atoms with van der Waals surface area (Å²) in [4.78, 5) is 24.9. The molecule has 10 heteroatoms. The number of hydrogen-bond donors (Lipinski definition) is 4. The average Bonchev–Trinajstić information content (AvgIpc) is 3.29. The van der Waals surface area contributed by atoms with E-state index in [1.165, 1.54) is 17.2 Å². The second-order valence-corrected chi connectivity index (χ2v) is 6.71. The first-order valence-electron chi connectivity index (χ1n) is 9.34. The van der Waals surface area contributed by atoms with Gasteiger partial charge in [-0.3, -0.25) is 9.36 Å². The quantitative estimate of drug-likeness (QED) is 0.462. The summed E-state index contributed by atoms with van der Waals surface area (Å²) in [5, 5.41) is 26.5. The molecule has 1 aliphatic heterocycles. The lowest BCUT2D eigenvalue weighted by Gasteiger charge is -2.16. The van der Waals surface area contributed by atoms with Gasteiger partial charge in [-0.1, -0.05) is 30.3 Å². The van der Waals surface area contributed by atoms with Gasteiger partial charge < -0.3 is 25.6 Å². The van der Waals surface area contributed by atoms with Crippen molar-refractivity contribution in [3.05, 3.63) is 48.5 Å². The molecule has 10 nitrogen and oxygen atoms in total. The van der Waals surface area contributed by atoms with E-state index in [0.717, 1.165) is 5.56 Å². The number of aromatic nitrogens is 4. The highest BCUT2D eigenvalue weighted by Gasteiger charge is 2.47. The number of rotatable bonds is 6. The number of nitrogens with zero attached hydrogens (tertiary/aromatic N) is 4. The van der Waals surface area contributed by atoms with Crippen molar-refractivity contribution in [3.63, 3.8) is 0 Å². The van der Waals surface area contributed by atoms with Crippen LogP contribution in [0.3, 0.4) is 0 Å². The number of fused-ring (bicyclic) bond motifs is 1. The largest absolute Gasteiger partial charge is 0.387 e. The maximum Gasteiger partial charge on any atom is 0.252 e. The predicted molar refractivity (Wildman–Crippen MR) is 104 cm³/mol. The monoisotopic (exact) mass is 398 g/mol. The van der Waals surface area contributed by atoms with Crippen LogP contribution in [0.25, 0.3) is 11.2 Å². The van der Waals surface area contributed by atoms with E-state index in [0.29, 0.717) is 30.1 Å². The second kappa shape index (κ2) is 8.11. The van der Waals surface area contributed by atoms with E-state index in [2.05, 4.69) is 25.6 Å². The Hall–Kier alpha value is -3.08. The molecule has 29 heavy (non-hydrogen) atoms. The Kier molecular flexibility index (Phi) is 5.38. The van der Waals surface area contributed by atoms with Crippen molar-refractivity contribution in [2.75, 3.05) is 11.9 Å². The topological polar surface area (TPSA) is 134 Å². The number of aliphatic hydroxyl groups is 2. The van der Waals surface area contributed by atoms with Crippen molar-refractivity contribution < 1.29 is 19.7 Å². The Balaban J connectivity index is 1.58. The van der Waals surface area contributed by atoms with Gasteiger partial charge in [0.25, 0.3) is 5.91 Å². The summed E-state index contributed by atoms with van der Waals surface area (Å²) < 4.78 is 7.15. The molecule has 3 heterocycles. The van der Waals surface area contributed by atoms with E-state index in [9.17, 15) is 15.0 Å². The van der Waals surface area contributed by atoms with Crippen LogP contribution in [0.1, 0.15) is 18.7 Å². The fraction of sp³-hybridized carbons (Fsp3) is 0.368. The Morgan fingerprint density at radius 1 is 1.17 bits per heavy atom. The molecule has 0 spiro atoms. The van der Waals surface area contributed by atoms with E-state index in [4.69, 9.17) is 4.74 Å². The molecule has 4 rings (SSSR count). The molecule has 1 saturated heterocycles. The lowest BCUT2D eigenvalue weighted by molar-refractivity contribution is -0.137. The number of likely N-dealkylation sites (N-methyl/N-ethyl adjacent to an activating group) is 1. The third-order valence-electron chi connectivity index (χ3n) is 4.78. The number of amides is 1. The molecule has 3 aromatic rings. The van der Waals surface area contributed by atoms with Crippen molar-refractivity contribution in [2.45, 2.75) is 38.0 Å². The fourth-order valence-corrected chi connectivity index (χ4v) is 3.33. The summed E-state index contributed by atoms with van der Waals surface area (Å²) >= 11 is 0. The molecule has 1 amide bonds. The Bertz CT molecular complexity index is 995. The molecule has 0 aliphatic carbocycles. The summed E-state index contributed by atoms with van der Waals surface area (Å²) in [7, 11) is 0. The first kappa shape index (κ1) is 19.2. The summed E-state index contributed by atoms with van der Waals surface area (Å²) in [5.41, 5.74) is 2.00. The zero-order valence-corrected chi connectivity index (χ0v) is 15.8. The molecule has 152 valence electrons. The van der Waals surface area contributed by atoms with Crippen molar-refractivity contribution >= 4 is 22.9 Å². The first-order chi connectivity index (χ1) is 14.1. The van der Waals surface area contributed by atoms with E-state index >= 15 is 0 Å². The van der Waals surface area contributed by atoms with Crippen LogP contribution in [-0.4, -0.2) is 60.5 Å². The van der Waals surface area contributed by atoms with Crippen LogP contribution in [0.4, 0.5) is 5.82 Å². The minimum Gasteiger partial charge on any atom is -0.387 e. The molecule has 4 N–H and O–H groups in total. The van der Waals surface area contributed by atoms with Crippen molar-refractivity contribution in [2.24, 2.45) is 0 Å². The zero-order chi connectivity index (χ0) is 20.4. The minimum absolute atomic E-state index is 0.393. The number of carbonyl (C=O) groups excluding carboxylic acids is 1. The Morgan fingerprint density at radius 2 is 1.97 bits per heavy atom. The van der Waals surface area contributed by atoms with Gasteiger partial charge >= 0.3 is 0 Å². The number of hydrogen-bond acceptors (Lipinski definition) is 8. The molecule has 1 aliphatic rings. The van der Waals surface area contributed by atoms with Gasteiger partial charge in [-0.05, 0) is 12.5 Å². The van der Waals surface area contributed by atoms with Gasteiger partial charge in [0.05, 0.1) is 6.33 Å². The van der Waals surface area contributed by atoms with Gasteiger partial charge in [-0.15, -0.1) is 0 Å². The van der Waals surface area contributed by atoms with Gasteiger partial charge in [0, 0.05) is 13.1 Å². The van der Waals surface area contributed by atoms with Gasteiger partial charge in [0.2, 0.25) is 0 Å². The molecule has 0 radical (unpaired) electrons. The van der Waals surface area contributed by atoms with Gasteiger partial charge in [-0.2, -0.15) is 0 Å². The normalized spacial score (nSPS) is 24.0. The molecule has 4 atom stereocenters. The zero-order valence-electron chi connectivity index (χ0n) is 15.8. The average molecular weight is 398 g/mol. The van der Waals surface area contributed by atoms with Crippen LogP contribution in [0.5, 0.6) is 0 Å². The van der Waals surface area contributed by atoms with Gasteiger partial charge in [0.1, 0.15) is 18.5 Å². The molecule has 0 unspecified atom stereocenters. The lowest BCUT2D eigenvalue weighted by Crippen LogP contribution is -2.42. The minimum atomic E-state index is -1.36. The SMILES string of the molecule is CCNC(=O)[C@H]1O[C@@H](n2cnc3c(NCc4ccccc4)ncnc32)[C@@H](O)[C@@H]1O. The lowest BCUT2D eigenvalue weighted by atomic mass is 10.1. The number of nitrogens with one attached hydrogen (secondary N) is 2. The number of imidazole rings is 1. The summed E-state index contributed by atoms with van der Waals surface area (Å²) in [6.45, 7) is 2.71. The van der Waals surface area contributed by atoms with Crippen LogP contribution in [0, 0.1) is 0 Å².